The summed E-state index contributed by atoms with van der Waals surface area (Å²) < 4.78 is 0. The van der Waals surface area contributed by atoms with E-state index in [0.717, 1.165) is 39.0 Å². The van der Waals surface area contributed by atoms with Gasteiger partial charge in [0.05, 0.1) is 6.10 Å². The maximum atomic E-state index is 12.3. The average molecular weight is 333 g/mol. The van der Waals surface area contributed by atoms with Crippen molar-refractivity contribution in [3.63, 3.8) is 0 Å². The smallest absolute Gasteiger partial charge is 0.317 e. The Labute approximate surface area is 145 Å². The van der Waals surface area contributed by atoms with E-state index in [0.29, 0.717) is 12.5 Å². The van der Waals surface area contributed by atoms with Crippen LogP contribution >= 0.6 is 0 Å². The molecule has 0 aliphatic carbocycles. The molecule has 1 unspecified atom stereocenters. The van der Waals surface area contributed by atoms with E-state index in [9.17, 15) is 9.90 Å². The quantitative estimate of drug-likeness (QED) is 0.841. The second-order valence-corrected chi connectivity index (χ2v) is 6.66. The van der Waals surface area contributed by atoms with Crippen molar-refractivity contribution in [3.05, 3.63) is 29.8 Å². The molecule has 1 aromatic carbocycles. The number of amides is 2. The van der Waals surface area contributed by atoms with E-state index in [-0.39, 0.29) is 12.1 Å². The zero-order valence-corrected chi connectivity index (χ0v) is 15.2. The van der Waals surface area contributed by atoms with E-state index < -0.39 is 0 Å². The van der Waals surface area contributed by atoms with Gasteiger partial charge in [-0.1, -0.05) is 18.2 Å². The number of para-hydroxylation sites is 1. The van der Waals surface area contributed by atoms with Crippen molar-refractivity contribution < 1.29 is 9.90 Å². The minimum atomic E-state index is -0.276. The molecule has 5 nitrogen and oxygen atoms in total. The van der Waals surface area contributed by atoms with E-state index in [1.54, 1.807) is 0 Å². The van der Waals surface area contributed by atoms with E-state index >= 15 is 0 Å². The third kappa shape index (κ3) is 4.87. The summed E-state index contributed by atoms with van der Waals surface area (Å²) in [5.74, 6) is 0.325. The molecule has 0 bridgehead atoms. The number of piperidine rings is 1. The van der Waals surface area contributed by atoms with E-state index in [1.165, 1.54) is 11.3 Å². The lowest BCUT2D eigenvalue weighted by Crippen LogP contribution is -2.47. The van der Waals surface area contributed by atoms with Crippen molar-refractivity contribution in [3.8, 4) is 0 Å². The number of aliphatic hydroxyl groups excluding tert-OH is 1. The van der Waals surface area contributed by atoms with Crippen LogP contribution in [0.5, 0.6) is 0 Å². The van der Waals surface area contributed by atoms with Gasteiger partial charge in [-0.05, 0) is 51.2 Å². The van der Waals surface area contributed by atoms with Crippen LogP contribution in [-0.2, 0) is 0 Å². The van der Waals surface area contributed by atoms with Gasteiger partial charge in [-0.3, -0.25) is 0 Å². The van der Waals surface area contributed by atoms with Crippen LogP contribution in [0.3, 0.4) is 0 Å². The fourth-order valence-electron chi connectivity index (χ4n) is 3.36. The number of nitrogens with one attached hydrogen (secondary N) is 1. The minimum absolute atomic E-state index is 0.0138. The number of likely N-dealkylation sites (tertiary alicyclic amines) is 1. The molecule has 1 saturated heterocycles. The third-order valence-electron chi connectivity index (χ3n) is 5.00. The molecular weight excluding hydrogens is 302 g/mol. The molecule has 0 radical (unpaired) electrons. The fraction of sp³-hybridized carbons (Fsp3) is 0.632. The molecule has 5 heteroatoms. The van der Waals surface area contributed by atoms with Gasteiger partial charge >= 0.3 is 6.03 Å². The summed E-state index contributed by atoms with van der Waals surface area (Å²) in [6.45, 7) is 9.91. The Morgan fingerprint density at radius 2 is 2.04 bits per heavy atom. The first-order valence-corrected chi connectivity index (χ1v) is 9.04. The Bertz CT molecular complexity index is 525. The number of rotatable bonds is 6. The van der Waals surface area contributed by atoms with Crippen molar-refractivity contribution >= 4 is 11.7 Å². The summed E-state index contributed by atoms with van der Waals surface area (Å²) in [6.07, 6.45) is 1.49. The highest BCUT2D eigenvalue weighted by molar-refractivity contribution is 5.74. The molecule has 1 atom stereocenters. The lowest BCUT2D eigenvalue weighted by Gasteiger charge is -2.33. The van der Waals surface area contributed by atoms with Crippen LogP contribution in [0, 0.1) is 12.8 Å². The lowest BCUT2D eigenvalue weighted by atomic mass is 9.92. The number of carbonyl (C=O) groups is 1. The fourth-order valence-corrected chi connectivity index (χ4v) is 3.36. The molecule has 0 spiro atoms. The van der Waals surface area contributed by atoms with E-state index in [2.05, 4.69) is 42.3 Å². The van der Waals surface area contributed by atoms with Gasteiger partial charge in [0.15, 0.2) is 0 Å². The first kappa shape index (κ1) is 18.6. The molecular formula is C19H31N3O2. The number of hydrogen-bond donors (Lipinski definition) is 2. The van der Waals surface area contributed by atoms with Gasteiger partial charge in [-0.25, -0.2) is 4.79 Å². The number of benzene rings is 1. The van der Waals surface area contributed by atoms with Crippen molar-refractivity contribution in [1.82, 2.24) is 10.2 Å². The van der Waals surface area contributed by atoms with Crippen LogP contribution in [0.25, 0.3) is 0 Å². The Balaban J connectivity index is 1.77. The van der Waals surface area contributed by atoms with Crippen LogP contribution in [0.15, 0.2) is 24.3 Å². The van der Waals surface area contributed by atoms with Gasteiger partial charge in [0.2, 0.25) is 0 Å². The molecule has 24 heavy (non-hydrogen) atoms. The first-order chi connectivity index (χ1) is 11.5. The molecule has 2 rings (SSSR count). The summed E-state index contributed by atoms with van der Waals surface area (Å²) in [4.78, 5) is 16.4. The molecule has 1 heterocycles. The van der Waals surface area contributed by atoms with E-state index in [4.69, 9.17) is 0 Å². The third-order valence-corrected chi connectivity index (χ3v) is 5.00. The SMILES string of the molecule is CCN(CCNC(=O)N1CCC(C(C)O)CC1)c1ccccc1C. The van der Waals surface area contributed by atoms with Crippen LogP contribution in [0.1, 0.15) is 32.3 Å². The predicted octanol–water partition coefficient (Wildman–Crippen LogP) is 2.62. The maximum absolute atomic E-state index is 12.3. The Morgan fingerprint density at radius 1 is 1.38 bits per heavy atom. The average Bonchev–Trinajstić information content (AvgIpc) is 2.59. The van der Waals surface area contributed by atoms with Gasteiger partial charge in [0, 0.05) is 38.4 Å². The highest BCUT2D eigenvalue weighted by Gasteiger charge is 2.25. The summed E-state index contributed by atoms with van der Waals surface area (Å²) >= 11 is 0. The Hall–Kier alpha value is -1.75. The standard InChI is InChI=1S/C19H31N3O2/c1-4-21(18-8-6-5-7-15(18)2)14-11-20-19(24)22-12-9-17(10-13-22)16(3)23/h5-8,16-17,23H,4,9-14H2,1-3H3,(H,20,24). The number of anilines is 1. The largest absolute Gasteiger partial charge is 0.393 e. The molecule has 2 amide bonds. The van der Waals surface area contributed by atoms with Gasteiger partial charge in [0.1, 0.15) is 0 Å². The number of hydrogen-bond acceptors (Lipinski definition) is 3. The van der Waals surface area contributed by atoms with Gasteiger partial charge in [-0.15, -0.1) is 0 Å². The van der Waals surface area contributed by atoms with Gasteiger partial charge in [-0.2, -0.15) is 0 Å². The molecule has 134 valence electrons. The van der Waals surface area contributed by atoms with Gasteiger partial charge < -0.3 is 20.2 Å². The Kier molecular flexibility index (Phi) is 6.91. The molecule has 1 fully saturated rings. The second kappa shape index (κ2) is 8.92. The zero-order valence-electron chi connectivity index (χ0n) is 15.2. The Morgan fingerprint density at radius 3 is 2.62 bits per heavy atom. The number of nitrogens with zero attached hydrogens (tertiary/aromatic N) is 2. The van der Waals surface area contributed by atoms with Crippen molar-refractivity contribution in [2.24, 2.45) is 5.92 Å². The summed E-state index contributed by atoms with van der Waals surface area (Å²) in [5, 5.41) is 12.7. The molecule has 1 aliphatic heterocycles. The number of urea groups is 1. The van der Waals surface area contributed by atoms with Crippen LogP contribution in [0.4, 0.5) is 10.5 Å². The molecule has 0 saturated carbocycles. The monoisotopic (exact) mass is 333 g/mol. The van der Waals surface area contributed by atoms with Gasteiger partial charge in [0.25, 0.3) is 0 Å². The zero-order chi connectivity index (χ0) is 17.5. The highest BCUT2D eigenvalue weighted by Crippen LogP contribution is 2.20. The van der Waals surface area contributed by atoms with E-state index in [1.807, 2.05) is 17.9 Å². The highest BCUT2D eigenvalue weighted by atomic mass is 16.3. The van der Waals surface area contributed by atoms with Crippen LogP contribution < -0.4 is 10.2 Å². The van der Waals surface area contributed by atoms with Crippen LogP contribution in [0.2, 0.25) is 0 Å². The number of aryl methyl sites for hydroxylation is 1. The topological polar surface area (TPSA) is 55.8 Å². The number of aliphatic hydroxyl groups is 1. The van der Waals surface area contributed by atoms with Crippen molar-refractivity contribution in [2.45, 2.75) is 39.7 Å². The second-order valence-electron chi connectivity index (χ2n) is 6.66. The van der Waals surface area contributed by atoms with Crippen molar-refractivity contribution in [1.29, 1.82) is 0 Å². The summed E-state index contributed by atoms with van der Waals surface area (Å²) in [5.41, 5.74) is 2.48. The maximum Gasteiger partial charge on any atom is 0.317 e. The first-order valence-electron chi connectivity index (χ1n) is 9.04. The summed E-state index contributed by atoms with van der Waals surface area (Å²) in [7, 11) is 0. The number of likely N-dealkylation sites (N-methyl/N-ethyl adjacent to an activating group) is 1. The molecule has 0 aromatic heterocycles. The predicted molar refractivity (Wildman–Crippen MR) is 98.4 cm³/mol. The number of carbonyl (C=O) groups excluding carboxylic acids is 1. The van der Waals surface area contributed by atoms with Crippen molar-refractivity contribution in [2.75, 3.05) is 37.6 Å². The lowest BCUT2D eigenvalue weighted by molar-refractivity contribution is 0.0799. The van der Waals surface area contributed by atoms with Crippen LogP contribution in [-0.4, -0.2) is 54.9 Å². The normalized spacial score (nSPS) is 16.8. The molecule has 1 aliphatic rings. The molecule has 1 aromatic rings. The summed E-state index contributed by atoms with van der Waals surface area (Å²) in [6, 6.07) is 8.35. The molecule has 2 N–H and O–H groups in total. The minimum Gasteiger partial charge on any atom is -0.393 e.